The number of nitrogens with two attached hydrogens (primary N) is 1. The van der Waals surface area contributed by atoms with Gasteiger partial charge in [0.25, 0.3) is 0 Å². The molecule has 2 N–H and O–H groups in total. The van der Waals surface area contributed by atoms with E-state index in [9.17, 15) is 0 Å². The number of nitrogens with zero attached hydrogens (tertiary/aromatic N) is 2. The molecule has 1 heterocycles. The van der Waals surface area contributed by atoms with Crippen molar-refractivity contribution in [3.8, 4) is 0 Å². The van der Waals surface area contributed by atoms with Crippen LogP contribution in [0.5, 0.6) is 0 Å². The first-order valence-corrected chi connectivity index (χ1v) is 6.60. The summed E-state index contributed by atoms with van der Waals surface area (Å²) in [5.41, 5.74) is 9.19. The van der Waals surface area contributed by atoms with E-state index in [1.807, 2.05) is 41.8 Å². The minimum Gasteiger partial charge on any atom is -0.399 e. The van der Waals surface area contributed by atoms with E-state index in [0.29, 0.717) is 0 Å². The van der Waals surface area contributed by atoms with Crippen molar-refractivity contribution in [2.24, 2.45) is 7.05 Å². The maximum Gasteiger partial charge on any atom is 0.0521 e. The molecule has 0 bridgehead atoms. The lowest BCUT2D eigenvalue weighted by Gasteiger charge is -2.05. The molecule has 0 aliphatic carbocycles. The fourth-order valence-corrected chi connectivity index (χ4v) is 2.72. The minimum absolute atomic E-state index is 0.833. The quantitative estimate of drug-likeness (QED) is 0.667. The van der Waals surface area contributed by atoms with Crippen LogP contribution in [-0.2, 0) is 13.5 Å². The summed E-state index contributed by atoms with van der Waals surface area (Å²) in [6.45, 7) is 2.12. The van der Waals surface area contributed by atoms with Crippen molar-refractivity contribution in [1.82, 2.24) is 9.78 Å². The van der Waals surface area contributed by atoms with Gasteiger partial charge in [-0.05, 0) is 36.6 Å². The summed E-state index contributed by atoms with van der Waals surface area (Å²) in [4.78, 5) is 1.27. The van der Waals surface area contributed by atoms with Gasteiger partial charge >= 0.3 is 0 Å². The third-order valence-electron chi connectivity index (χ3n) is 2.62. The van der Waals surface area contributed by atoms with Gasteiger partial charge in [0.2, 0.25) is 0 Å². The van der Waals surface area contributed by atoms with Crippen LogP contribution in [0.25, 0.3) is 0 Å². The Labute approximate surface area is 106 Å². The number of thioether (sulfide) groups is 1. The van der Waals surface area contributed by atoms with Gasteiger partial charge in [-0.3, -0.25) is 4.68 Å². The molecule has 1 aromatic heterocycles. The van der Waals surface area contributed by atoms with Crippen molar-refractivity contribution >= 4 is 17.4 Å². The van der Waals surface area contributed by atoms with Gasteiger partial charge in [0, 0.05) is 29.6 Å². The highest BCUT2D eigenvalue weighted by atomic mass is 32.2. The maximum absolute atomic E-state index is 5.79. The van der Waals surface area contributed by atoms with Crippen molar-refractivity contribution in [3.63, 3.8) is 0 Å². The SMILES string of the molecule is Cc1ccc(N)cc1SCCc1cnn(C)c1. The van der Waals surface area contributed by atoms with E-state index in [1.165, 1.54) is 16.0 Å². The molecule has 17 heavy (non-hydrogen) atoms. The molecule has 0 radical (unpaired) electrons. The number of aryl methyl sites for hydroxylation is 3. The zero-order valence-electron chi connectivity index (χ0n) is 10.2. The number of benzene rings is 1. The topological polar surface area (TPSA) is 43.8 Å². The lowest BCUT2D eigenvalue weighted by molar-refractivity contribution is 0.767. The van der Waals surface area contributed by atoms with Gasteiger partial charge in [-0.1, -0.05) is 6.07 Å². The van der Waals surface area contributed by atoms with E-state index in [2.05, 4.69) is 24.3 Å². The Bertz CT molecular complexity index is 505. The van der Waals surface area contributed by atoms with Crippen molar-refractivity contribution in [1.29, 1.82) is 0 Å². The van der Waals surface area contributed by atoms with Crippen LogP contribution >= 0.6 is 11.8 Å². The Hall–Kier alpha value is -1.42. The molecule has 90 valence electrons. The minimum atomic E-state index is 0.833. The van der Waals surface area contributed by atoms with Crippen LogP contribution in [0.1, 0.15) is 11.1 Å². The number of anilines is 1. The standard InChI is InChI=1S/C13H17N3S/c1-10-3-4-12(14)7-13(10)17-6-5-11-8-15-16(2)9-11/h3-4,7-9H,5-6,14H2,1-2H3. The first kappa shape index (κ1) is 12.0. The van der Waals surface area contributed by atoms with Crippen LogP contribution < -0.4 is 5.73 Å². The van der Waals surface area contributed by atoms with Crippen molar-refractivity contribution in [2.75, 3.05) is 11.5 Å². The fourth-order valence-electron chi connectivity index (χ4n) is 1.65. The van der Waals surface area contributed by atoms with Crippen molar-refractivity contribution in [2.45, 2.75) is 18.2 Å². The highest BCUT2D eigenvalue weighted by molar-refractivity contribution is 7.99. The summed E-state index contributed by atoms with van der Waals surface area (Å²) in [6.07, 6.45) is 5.02. The number of rotatable bonds is 4. The van der Waals surface area contributed by atoms with Gasteiger partial charge in [0.15, 0.2) is 0 Å². The third-order valence-corrected chi connectivity index (χ3v) is 3.78. The Morgan fingerprint density at radius 1 is 1.41 bits per heavy atom. The molecular formula is C13H17N3S. The van der Waals surface area contributed by atoms with Gasteiger partial charge in [-0.15, -0.1) is 11.8 Å². The smallest absolute Gasteiger partial charge is 0.0521 e. The molecule has 0 atom stereocenters. The second-order valence-electron chi connectivity index (χ2n) is 4.15. The molecular weight excluding hydrogens is 230 g/mol. The monoisotopic (exact) mass is 247 g/mol. The molecule has 0 spiro atoms. The van der Waals surface area contributed by atoms with E-state index < -0.39 is 0 Å². The highest BCUT2D eigenvalue weighted by Gasteiger charge is 2.01. The molecule has 0 saturated heterocycles. The molecule has 4 heteroatoms. The van der Waals surface area contributed by atoms with Crippen LogP contribution in [0.3, 0.4) is 0 Å². The zero-order chi connectivity index (χ0) is 12.3. The average Bonchev–Trinajstić information content (AvgIpc) is 2.69. The molecule has 0 amide bonds. The summed E-state index contributed by atoms with van der Waals surface area (Å²) >= 11 is 1.85. The van der Waals surface area contributed by atoms with Crippen LogP contribution in [0, 0.1) is 6.92 Å². The normalized spacial score (nSPS) is 10.7. The second-order valence-corrected chi connectivity index (χ2v) is 5.28. The molecule has 2 rings (SSSR count). The largest absolute Gasteiger partial charge is 0.399 e. The average molecular weight is 247 g/mol. The van der Waals surface area contributed by atoms with Gasteiger partial charge in [-0.2, -0.15) is 5.10 Å². The number of hydrogen-bond donors (Lipinski definition) is 1. The van der Waals surface area contributed by atoms with E-state index in [0.717, 1.165) is 17.9 Å². The third kappa shape index (κ3) is 3.27. The number of hydrogen-bond acceptors (Lipinski definition) is 3. The van der Waals surface area contributed by atoms with Crippen LogP contribution in [0.4, 0.5) is 5.69 Å². The lowest BCUT2D eigenvalue weighted by Crippen LogP contribution is -1.90. The molecule has 0 saturated carbocycles. The Balaban J connectivity index is 1.91. The second kappa shape index (κ2) is 5.27. The molecule has 1 aromatic carbocycles. The number of aromatic nitrogens is 2. The van der Waals surface area contributed by atoms with Crippen molar-refractivity contribution < 1.29 is 0 Å². The van der Waals surface area contributed by atoms with Gasteiger partial charge in [-0.25, -0.2) is 0 Å². The molecule has 0 fully saturated rings. The predicted octanol–water partition coefficient (Wildman–Crippen LogP) is 2.65. The van der Waals surface area contributed by atoms with Gasteiger partial charge in [0.1, 0.15) is 0 Å². The molecule has 0 unspecified atom stereocenters. The lowest BCUT2D eigenvalue weighted by atomic mass is 10.2. The summed E-state index contributed by atoms with van der Waals surface area (Å²) in [6, 6.07) is 6.06. The first-order valence-electron chi connectivity index (χ1n) is 5.61. The Morgan fingerprint density at radius 2 is 2.24 bits per heavy atom. The van der Waals surface area contributed by atoms with Crippen molar-refractivity contribution in [3.05, 3.63) is 41.7 Å². The molecule has 0 aliphatic heterocycles. The van der Waals surface area contributed by atoms with Crippen LogP contribution in [0.15, 0.2) is 35.5 Å². The summed E-state index contributed by atoms with van der Waals surface area (Å²) < 4.78 is 1.84. The molecule has 2 aromatic rings. The van der Waals surface area contributed by atoms with E-state index in [-0.39, 0.29) is 0 Å². The zero-order valence-corrected chi connectivity index (χ0v) is 11.0. The van der Waals surface area contributed by atoms with E-state index >= 15 is 0 Å². The molecule has 0 aliphatic rings. The van der Waals surface area contributed by atoms with Gasteiger partial charge in [0.05, 0.1) is 6.20 Å². The predicted molar refractivity (Wildman–Crippen MR) is 73.2 cm³/mol. The maximum atomic E-state index is 5.79. The Morgan fingerprint density at radius 3 is 2.94 bits per heavy atom. The van der Waals surface area contributed by atoms with Crippen LogP contribution in [0.2, 0.25) is 0 Å². The highest BCUT2D eigenvalue weighted by Crippen LogP contribution is 2.25. The summed E-state index contributed by atoms with van der Waals surface area (Å²) in [5, 5.41) is 4.16. The van der Waals surface area contributed by atoms with E-state index in [1.54, 1.807) is 0 Å². The summed E-state index contributed by atoms with van der Waals surface area (Å²) in [5.74, 6) is 1.05. The van der Waals surface area contributed by atoms with Gasteiger partial charge < -0.3 is 5.73 Å². The Kier molecular flexibility index (Phi) is 3.74. The van der Waals surface area contributed by atoms with E-state index in [4.69, 9.17) is 5.73 Å². The fraction of sp³-hybridized carbons (Fsp3) is 0.308. The number of nitrogen functional groups attached to an aromatic ring is 1. The first-order chi connectivity index (χ1) is 8.15. The van der Waals surface area contributed by atoms with Crippen LogP contribution in [-0.4, -0.2) is 15.5 Å². The molecule has 3 nitrogen and oxygen atoms in total. The summed E-state index contributed by atoms with van der Waals surface area (Å²) in [7, 11) is 1.94.